The lowest BCUT2D eigenvalue weighted by Gasteiger charge is -2.31. The van der Waals surface area contributed by atoms with E-state index in [-0.39, 0.29) is 0 Å². The quantitative estimate of drug-likeness (QED) is 0.603. The second kappa shape index (κ2) is 6.52. The molecule has 0 radical (unpaired) electrons. The molecule has 4 rings (SSSR count). The van der Waals surface area contributed by atoms with E-state index >= 15 is 0 Å². The molecule has 122 valence electrons. The van der Waals surface area contributed by atoms with Gasteiger partial charge < -0.3 is 4.90 Å². The molecule has 3 nitrogen and oxygen atoms in total. The number of anilines is 1. The van der Waals surface area contributed by atoms with Gasteiger partial charge in [-0.25, -0.2) is 9.97 Å². The fourth-order valence-electron chi connectivity index (χ4n) is 3.42. The number of rotatable bonds is 2. The molecule has 1 aromatic heterocycles. The molecule has 0 aliphatic carbocycles. The normalized spacial score (nSPS) is 18.1. The summed E-state index contributed by atoms with van der Waals surface area (Å²) in [5.74, 6) is 1.55. The fraction of sp³-hybridized carbons (Fsp3) is 0.300. The van der Waals surface area contributed by atoms with Crippen LogP contribution in [-0.4, -0.2) is 23.1 Å². The first-order valence-electron chi connectivity index (χ1n) is 8.48. The number of halogens is 1. The third kappa shape index (κ3) is 3.03. The highest BCUT2D eigenvalue weighted by atomic mass is 79.9. The highest BCUT2D eigenvalue weighted by Crippen LogP contribution is 2.31. The van der Waals surface area contributed by atoms with E-state index in [9.17, 15) is 0 Å². The number of hydrogen-bond acceptors (Lipinski definition) is 3. The molecule has 24 heavy (non-hydrogen) atoms. The van der Waals surface area contributed by atoms with Gasteiger partial charge in [-0.05, 0) is 37.0 Å². The van der Waals surface area contributed by atoms with Crippen LogP contribution in [0.25, 0.3) is 22.2 Å². The summed E-state index contributed by atoms with van der Waals surface area (Å²) in [6.07, 6.45) is 2.51. The van der Waals surface area contributed by atoms with Gasteiger partial charge in [-0.2, -0.15) is 0 Å². The molecule has 3 aromatic rings. The zero-order chi connectivity index (χ0) is 16.5. The fourth-order valence-corrected chi connectivity index (χ4v) is 3.78. The molecule has 2 aromatic carbocycles. The van der Waals surface area contributed by atoms with Gasteiger partial charge >= 0.3 is 0 Å². The van der Waals surface area contributed by atoms with Crippen LogP contribution in [0.5, 0.6) is 0 Å². The molecule has 0 N–H and O–H groups in total. The minimum atomic E-state index is 0.697. The van der Waals surface area contributed by atoms with E-state index in [1.54, 1.807) is 0 Å². The molecule has 0 unspecified atom stereocenters. The van der Waals surface area contributed by atoms with E-state index < -0.39 is 0 Å². The van der Waals surface area contributed by atoms with Gasteiger partial charge in [-0.1, -0.05) is 53.2 Å². The van der Waals surface area contributed by atoms with Crippen LogP contribution in [0.4, 0.5) is 5.95 Å². The predicted octanol–water partition coefficient (Wildman–Crippen LogP) is 5.30. The molecule has 0 amide bonds. The van der Waals surface area contributed by atoms with Crippen molar-refractivity contribution in [3.8, 4) is 11.3 Å². The molecule has 1 aliphatic heterocycles. The van der Waals surface area contributed by atoms with Crippen molar-refractivity contribution < 1.29 is 0 Å². The first-order valence-corrected chi connectivity index (χ1v) is 9.28. The Hall–Kier alpha value is -1.94. The van der Waals surface area contributed by atoms with Gasteiger partial charge in [0.05, 0.1) is 11.2 Å². The number of fused-ring (bicyclic) bond motifs is 1. The average Bonchev–Trinajstić information content (AvgIpc) is 2.61. The van der Waals surface area contributed by atoms with Gasteiger partial charge in [0, 0.05) is 28.5 Å². The van der Waals surface area contributed by atoms with Crippen LogP contribution >= 0.6 is 15.9 Å². The number of nitrogens with zero attached hydrogens (tertiary/aromatic N) is 3. The van der Waals surface area contributed by atoms with E-state index in [0.29, 0.717) is 5.92 Å². The van der Waals surface area contributed by atoms with Crippen molar-refractivity contribution in [2.24, 2.45) is 5.92 Å². The third-order valence-electron chi connectivity index (χ3n) is 4.63. The minimum Gasteiger partial charge on any atom is -0.341 e. The van der Waals surface area contributed by atoms with Crippen LogP contribution in [0, 0.1) is 5.92 Å². The van der Waals surface area contributed by atoms with Gasteiger partial charge in [-0.15, -0.1) is 0 Å². The Balaban J connectivity index is 1.89. The molecule has 0 saturated carbocycles. The van der Waals surface area contributed by atoms with Crippen LogP contribution in [-0.2, 0) is 0 Å². The first kappa shape index (κ1) is 15.6. The smallest absolute Gasteiger partial charge is 0.226 e. The summed E-state index contributed by atoms with van der Waals surface area (Å²) in [4.78, 5) is 12.2. The molecular weight excluding hydrogens is 362 g/mol. The summed E-state index contributed by atoms with van der Waals surface area (Å²) in [7, 11) is 0. The summed E-state index contributed by atoms with van der Waals surface area (Å²) in [5.41, 5.74) is 3.14. The second-order valence-electron chi connectivity index (χ2n) is 6.59. The molecule has 0 bridgehead atoms. The van der Waals surface area contributed by atoms with Crippen LogP contribution in [0.1, 0.15) is 19.8 Å². The van der Waals surface area contributed by atoms with Crippen molar-refractivity contribution in [2.75, 3.05) is 18.0 Å². The molecule has 1 atom stereocenters. The summed E-state index contributed by atoms with van der Waals surface area (Å²) in [5, 5.41) is 1.09. The van der Waals surface area contributed by atoms with E-state index in [2.05, 4.69) is 64.2 Å². The number of piperidine rings is 1. The average molecular weight is 382 g/mol. The van der Waals surface area contributed by atoms with Crippen molar-refractivity contribution in [3.63, 3.8) is 0 Å². The van der Waals surface area contributed by atoms with Crippen molar-refractivity contribution >= 4 is 32.8 Å². The number of aromatic nitrogens is 2. The van der Waals surface area contributed by atoms with Crippen LogP contribution in [0.2, 0.25) is 0 Å². The standard InChI is InChI=1S/C20H20BrN3/c1-14-6-5-11-24(13-14)20-22-18-10-9-16(21)12-17(18)19(23-20)15-7-3-2-4-8-15/h2-4,7-10,12,14H,5-6,11,13H2,1H3/t14-/m0/s1. The predicted molar refractivity (Wildman–Crippen MR) is 103 cm³/mol. The SMILES string of the molecule is C[C@H]1CCCN(c2nc(-c3ccccc3)c3cc(Br)ccc3n2)C1. The maximum atomic E-state index is 4.96. The van der Waals surface area contributed by atoms with Crippen molar-refractivity contribution in [1.29, 1.82) is 0 Å². The topological polar surface area (TPSA) is 29.0 Å². The van der Waals surface area contributed by atoms with Crippen LogP contribution in [0.15, 0.2) is 53.0 Å². The first-order chi connectivity index (χ1) is 11.7. The Morgan fingerprint density at radius 1 is 1.08 bits per heavy atom. The van der Waals surface area contributed by atoms with Crippen molar-refractivity contribution in [1.82, 2.24) is 9.97 Å². The zero-order valence-corrected chi connectivity index (χ0v) is 15.3. The van der Waals surface area contributed by atoms with Crippen LogP contribution in [0.3, 0.4) is 0 Å². The van der Waals surface area contributed by atoms with Gasteiger partial charge in [-0.3, -0.25) is 0 Å². The molecule has 1 fully saturated rings. The molecule has 2 heterocycles. The van der Waals surface area contributed by atoms with Gasteiger partial charge in [0.15, 0.2) is 0 Å². The maximum absolute atomic E-state index is 4.96. The Morgan fingerprint density at radius 2 is 1.92 bits per heavy atom. The zero-order valence-electron chi connectivity index (χ0n) is 13.7. The van der Waals surface area contributed by atoms with E-state index in [4.69, 9.17) is 9.97 Å². The summed E-state index contributed by atoms with van der Waals surface area (Å²) >= 11 is 3.58. The molecular formula is C20H20BrN3. The van der Waals surface area contributed by atoms with Crippen molar-refractivity contribution in [2.45, 2.75) is 19.8 Å². The van der Waals surface area contributed by atoms with Gasteiger partial charge in [0.25, 0.3) is 0 Å². The lowest BCUT2D eigenvalue weighted by atomic mass is 10.0. The van der Waals surface area contributed by atoms with E-state index in [0.717, 1.165) is 45.7 Å². The molecule has 1 aliphatic rings. The van der Waals surface area contributed by atoms with Gasteiger partial charge in [0.1, 0.15) is 0 Å². The molecule has 1 saturated heterocycles. The summed E-state index contributed by atoms with van der Waals surface area (Å²) < 4.78 is 1.05. The largest absolute Gasteiger partial charge is 0.341 e. The van der Waals surface area contributed by atoms with Gasteiger partial charge in [0.2, 0.25) is 5.95 Å². The number of benzene rings is 2. The molecule has 0 spiro atoms. The monoisotopic (exact) mass is 381 g/mol. The van der Waals surface area contributed by atoms with Crippen LogP contribution < -0.4 is 4.90 Å². The maximum Gasteiger partial charge on any atom is 0.226 e. The highest BCUT2D eigenvalue weighted by Gasteiger charge is 2.20. The highest BCUT2D eigenvalue weighted by molar-refractivity contribution is 9.10. The number of hydrogen-bond donors (Lipinski definition) is 0. The van der Waals surface area contributed by atoms with Crippen molar-refractivity contribution in [3.05, 3.63) is 53.0 Å². The summed E-state index contributed by atoms with van der Waals surface area (Å²) in [6, 6.07) is 16.6. The molecule has 4 heteroatoms. The van der Waals surface area contributed by atoms with E-state index in [1.165, 1.54) is 12.8 Å². The van der Waals surface area contributed by atoms with E-state index in [1.807, 2.05) is 12.1 Å². The lowest BCUT2D eigenvalue weighted by Crippen LogP contribution is -2.35. The Kier molecular flexibility index (Phi) is 4.23. The minimum absolute atomic E-state index is 0.697. The lowest BCUT2D eigenvalue weighted by molar-refractivity contribution is 0.442. The Morgan fingerprint density at radius 3 is 2.71 bits per heavy atom. The second-order valence-corrected chi connectivity index (χ2v) is 7.51. The Labute approximate surface area is 150 Å². The Bertz CT molecular complexity index is 863. The third-order valence-corrected chi connectivity index (χ3v) is 5.13. The summed E-state index contributed by atoms with van der Waals surface area (Å²) in [6.45, 7) is 4.39.